The highest BCUT2D eigenvalue weighted by atomic mass is 19.3. The van der Waals surface area contributed by atoms with Gasteiger partial charge in [0.15, 0.2) is 0 Å². The molecule has 26 heavy (non-hydrogen) atoms. The number of esters is 2. The molecule has 2 aromatic rings. The van der Waals surface area contributed by atoms with E-state index in [1.807, 2.05) is 6.92 Å². The summed E-state index contributed by atoms with van der Waals surface area (Å²) in [7, 11) is 1.27. The van der Waals surface area contributed by atoms with Crippen LogP contribution in [0.4, 0.5) is 8.78 Å². The third kappa shape index (κ3) is 4.38. The predicted octanol–water partition coefficient (Wildman–Crippen LogP) is 3.63. The quantitative estimate of drug-likeness (QED) is 0.756. The Labute approximate surface area is 149 Å². The number of hydrogen-bond acceptors (Lipinski definition) is 5. The summed E-state index contributed by atoms with van der Waals surface area (Å²) in [6.45, 7) is 0.526. The number of halogens is 2. The fourth-order valence-corrected chi connectivity index (χ4v) is 2.49. The van der Waals surface area contributed by atoms with Gasteiger partial charge in [-0.1, -0.05) is 19.1 Å². The Kier molecular flexibility index (Phi) is 6.32. The molecule has 1 N–H and O–H groups in total. The third-order valence-corrected chi connectivity index (χ3v) is 3.79. The van der Waals surface area contributed by atoms with Gasteiger partial charge in [-0.3, -0.25) is 0 Å². The summed E-state index contributed by atoms with van der Waals surface area (Å²) >= 11 is 0. The number of rotatable bonds is 7. The Hall–Kier alpha value is -2.90. The number of nitrogens with one attached hydrogen (secondary N) is 1. The molecule has 0 amide bonds. The molecule has 0 aliphatic carbocycles. The Bertz CT molecular complexity index is 784. The summed E-state index contributed by atoms with van der Waals surface area (Å²) < 4.78 is 38.5. The van der Waals surface area contributed by atoms with Crippen molar-refractivity contribution in [3.05, 3.63) is 52.3 Å². The average molecular weight is 367 g/mol. The SMILES string of the molecule is CCc1[nH]c(C(=O)OCc2ccc(OC(F)F)cc2)c(C)c1C(=O)OC. The molecule has 0 aliphatic heterocycles. The normalized spacial score (nSPS) is 10.7. The van der Waals surface area contributed by atoms with Crippen molar-refractivity contribution in [2.45, 2.75) is 33.5 Å². The van der Waals surface area contributed by atoms with E-state index in [0.29, 0.717) is 28.8 Å². The first-order valence-electron chi connectivity index (χ1n) is 7.88. The van der Waals surface area contributed by atoms with Crippen molar-refractivity contribution in [1.29, 1.82) is 0 Å². The number of benzene rings is 1. The van der Waals surface area contributed by atoms with E-state index in [2.05, 4.69) is 9.72 Å². The van der Waals surface area contributed by atoms with E-state index in [-0.39, 0.29) is 18.1 Å². The van der Waals surface area contributed by atoms with Crippen molar-refractivity contribution in [1.82, 2.24) is 4.98 Å². The molecule has 0 bridgehead atoms. The first-order chi connectivity index (χ1) is 12.4. The maximum Gasteiger partial charge on any atom is 0.387 e. The molecule has 0 unspecified atom stereocenters. The van der Waals surface area contributed by atoms with Crippen molar-refractivity contribution in [2.24, 2.45) is 0 Å². The predicted molar refractivity (Wildman–Crippen MR) is 88.4 cm³/mol. The number of alkyl halides is 2. The average Bonchev–Trinajstić information content (AvgIpc) is 2.96. The lowest BCUT2D eigenvalue weighted by molar-refractivity contribution is -0.0498. The summed E-state index contributed by atoms with van der Waals surface area (Å²) in [6, 6.07) is 5.76. The van der Waals surface area contributed by atoms with Crippen LogP contribution in [0.25, 0.3) is 0 Å². The highest BCUT2D eigenvalue weighted by Gasteiger charge is 2.24. The molecule has 140 valence electrons. The standard InChI is InChI=1S/C18H19F2NO5/c1-4-13-14(16(22)24-3)10(2)15(21-13)17(23)25-9-11-5-7-12(8-6-11)26-18(19)20/h5-8,18,21H,4,9H2,1-3H3. The number of aromatic amines is 1. The number of carbonyl (C=O) groups excluding carboxylic acids is 2. The van der Waals surface area contributed by atoms with E-state index >= 15 is 0 Å². The van der Waals surface area contributed by atoms with Crippen LogP contribution in [0, 0.1) is 6.92 Å². The molecule has 0 saturated carbocycles. The number of carbonyl (C=O) groups is 2. The van der Waals surface area contributed by atoms with Gasteiger partial charge in [0, 0.05) is 5.69 Å². The lowest BCUT2D eigenvalue weighted by Crippen LogP contribution is -2.08. The molecule has 0 radical (unpaired) electrons. The number of hydrogen-bond donors (Lipinski definition) is 1. The summed E-state index contributed by atoms with van der Waals surface area (Å²) in [5.74, 6) is -1.13. The summed E-state index contributed by atoms with van der Waals surface area (Å²) in [5, 5.41) is 0. The van der Waals surface area contributed by atoms with E-state index in [4.69, 9.17) is 9.47 Å². The van der Waals surface area contributed by atoms with Crippen molar-refractivity contribution in [3.63, 3.8) is 0 Å². The van der Waals surface area contributed by atoms with Gasteiger partial charge < -0.3 is 19.2 Å². The maximum atomic E-state index is 12.3. The van der Waals surface area contributed by atoms with Gasteiger partial charge in [-0.2, -0.15) is 8.78 Å². The van der Waals surface area contributed by atoms with E-state index in [0.717, 1.165) is 0 Å². The summed E-state index contributed by atoms with van der Waals surface area (Å²) in [4.78, 5) is 27.1. The number of methoxy groups -OCH3 is 1. The van der Waals surface area contributed by atoms with E-state index in [1.165, 1.54) is 31.4 Å². The zero-order valence-corrected chi connectivity index (χ0v) is 14.6. The minimum atomic E-state index is -2.90. The van der Waals surface area contributed by atoms with Crippen molar-refractivity contribution < 1.29 is 32.6 Å². The van der Waals surface area contributed by atoms with Crippen LogP contribution in [-0.2, 0) is 22.5 Å². The molecule has 0 atom stereocenters. The van der Waals surface area contributed by atoms with Gasteiger partial charge in [0.2, 0.25) is 0 Å². The topological polar surface area (TPSA) is 77.6 Å². The largest absolute Gasteiger partial charge is 0.465 e. The molecule has 1 heterocycles. The molecule has 0 fully saturated rings. The lowest BCUT2D eigenvalue weighted by Gasteiger charge is -2.07. The van der Waals surface area contributed by atoms with E-state index in [9.17, 15) is 18.4 Å². The molecule has 1 aromatic heterocycles. The molecule has 0 aliphatic rings. The highest BCUT2D eigenvalue weighted by molar-refractivity contribution is 5.98. The van der Waals surface area contributed by atoms with Gasteiger partial charge in [-0.05, 0) is 36.6 Å². The van der Waals surface area contributed by atoms with Crippen molar-refractivity contribution in [2.75, 3.05) is 7.11 Å². The molecule has 8 heteroatoms. The molecule has 0 saturated heterocycles. The Balaban J connectivity index is 2.08. The Morgan fingerprint density at radius 1 is 1.15 bits per heavy atom. The first-order valence-corrected chi connectivity index (χ1v) is 7.88. The molecule has 0 spiro atoms. The second kappa shape index (κ2) is 8.46. The molecular weight excluding hydrogens is 348 g/mol. The number of H-pyrrole nitrogens is 1. The molecule has 2 rings (SSSR count). The zero-order chi connectivity index (χ0) is 19.3. The second-order valence-electron chi connectivity index (χ2n) is 5.42. The fraction of sp³-hybridized carbons (Fsp3) is 0.333. The van der Waals surface area contributed by atoms with Crippen LogP contribution < -0.4 is 4.74 Å². The number of aryl methyl sites for hydroxylation is 1. The van der Waals surface area contributed by atoms with Crippen LogP contribution in [0.2, 0.25) is 0 Å². The minimum Gasteiger partial charge on any atom is -0.465 e. The minimum absolute atomic E-state index is 0.0191. The van der Waals surface area contributed by atoms with Crippen LogP contribution in [0.1, 0.15) is 44.6 Å². The van der Waals surface area contributed by atoms with Crippen LogP contribution in [0.15, 0.2) is 24.3 Å². The van der Waals surface area contributed by atoms with Gasteiger partial charge in [0.25, 0.3) is 0 Å². The lowest BCUT2D eigenvalue weighted by atomic mass is 10.1. The first kappa shape index (κ1) is 19.4. The zero-order valence-electron chi connectivity index (χ0n) is 14.6. The third-order valence-electron chi connectivity index (χ3n) is 3.79. The van der Waals surface area contributed by atoms with Gasteiger partial charge in [-0.25, -0.2) is 9.59 Å². The van der Waals surface area contributed by atoms with Crippen LogP contribution in [0.5, 0.6) is 5.75 Å². The smallest absolute Gasteiger partial charge is 0.387 e. The number of aromatic nitrogens is 1. The van der Waals surface area contributed by atoms with Gasteiger partial charge >= 0.3 is 18.6 Å². The second-order valence-corrected chi connectivity index (χ2v) is 5.42. The van der Waals surface area contributed by atoms with Gasteiger partial charge in [0.05, 0.1) is 12.7 Å². The molecule has 6 nitrogen and oxygen atoms in total. The van der Waals surface area contributed by atoms with Crippen molar-refractivity contribution >= 4 is 11.9 Å². The fourth-order valence-electron chi connectivity index (χ4n) is 2.49. The van der Waals surface area contributed by atoms with E-state index in [1.54, 1.807) is 6.92 Å². The van der Waals surface area contributed by atoms with Gasteiger partial charge in [-0.15, -0.1) is 0 Å². The van der Waals surface area contributed by atoms with E-state index < -0.39 is 18.6 Å². The maximum absolute atomic E-state index is 12.3. The van der Waals surface area contributed by atoms with Crippen LogP contribution in [0.3, 0.4) is 0 Å². The van der Waals surface area contributed by atoms with Gasteiger partial charge in [0.1, 0.15) is 18.1 Å². The van der Waals surface area contributed by atoms with Crippen LogP contribution >= 0.6 is 0 Å². The summed E-state index contributed by atoms with van der Waals surface area (Å²) in [6.07, 6.45) is 0.518. The highest BCUT2D eigenvalue weighted by Crippen LogP contribution is 2.21. The monoisotopic (exact) mass is 367 g/mol. The molecule has 1 aromatic carbocycles. The Morgan fingerprint density at radius 3 is 2.35 bits per heavy atom. The number of ether oxygens (including phenoxy) is 3. The van der Waals surface area contributed by atoms with Crippen LogP contribution in [-0.4, -0.2) is 30.6 Å². The van der Waals surface area contributed by atoms with Crippen molar-refractivity contribution in [3.8, 4) is 5.75 Å². The molecular formula is C18H19F2NO5. The Morgan fingerprint density at radius 2 is 1.81 bits per heavy atom. The summed E-state index contributed by atoms with van der Waals surface area (Å²) in [5.41, 5.74) is 2.16.